The summed E-state index contributed by atoms with van der Waals surface area (Å²) < 4.78 is 0. The molecule has 1 aromatic rings. The zero-order valence-corrected chi connectivity index (χ0v) is 10.8. The van der Waals surface area contributed by atoms with E-state index in [0.29, 0.717) is 24.9 Å². The molecule has 1 aromatic carbocycles. The number of carbonyl (C=O) groups excluding carboxylic acids is 2. The van der Waals surface area contributed by atoms with Crippen LogP contribution in [0.5, 0.6) is 0 Å². The van der Waals surface area contributed by atoms with Crippen molar-refractivity contribution in [1.29, 1.82) is 0 Å². The SMILES string of the molecule is CC[C@@]1(c2ccc(N)cc2)CCC(=O)N(C)C1=O. The number of likely N-dealkylation sites (N-methyl/N-ethyl adjacent to an activating group) is 1. The molecule has 96 valence electrons. The van der Waals surface area contributed by atoms with Crippen LogP contribution in [0.3, 0.4) is 0 Å². The van der Waals surface area contributed by atoms with Gasteiger partial charge in [0.1, 0.15) is 0 Å². The van der Waals surface area contributed by atoms with Gasteiger partial charge in [0.2, 0.25) is 11.8 Å². The molecule has 2 amide bonds. The van der Waals surface area contributed by atoms with E-state index in [0.717, 1.165) is 5.56 Å². The van der Waals surface area contributed by atoms with E-state index in [-0.39, 0.29) is 11.8 Å². The van der Waals surface area contributed by atoms with Crippen molar-refractivity contribution in [3.8, 4) is 0 Å². The highest BCUT2D eigenvalue weighted by molar-refractivity contribution is 6.03. The molecule has 0 spiro atoms. The number of imide groups is 1. The van der Waals surface area contributed by atoms with Crippen LogP contribution in [0.25, 0.3) is 0 Å². The first-order valence-corrected chi connectivity index (χ1v) is 6.18. The van der Waals surface area contributed by atoms with Gasteiger partial charge in [0, 0.05) is 19.2 Å². The van der Waals surface area contributed by atoms with Gasteiger partial charge in [0.05, 0.1) is 5.41 Å². The van der Waals surface area contributed by atoms with Crippen molar-refractivity contribution in [2.24, 2.45) is 0 Å². The van der Waals surface area contributed by atoms with Crippen molar-refractivity contribution in [3.05, 3.63) is 29.8 Å². The van der Waals surface area contributed by atoms with Crippen LogP contribution in [0, 0.1) is 0 Å². The van der Waals surface area contributed by atoms with Crippen LogP contribution >= 0.6 is 0 Å². The lowest BCUT2D eigenvalue weighted by Crippen LogP contribution is -2.51. The topological polar surface area (TPSA) is 63.4 Å². The summed E-state index contributed by atoms with van der Waals surface area (Å²) in [4.78, 5) is 25.3. The van der Waals surface area contributed by atoms with Gasteiger partial charge in [0.15, 0.2) is 0 Å². The minimum absolute atomic E-state index is 0.0977. The van der Waals surface area contributed by atoms with Crippen LogP contribution in [0.2, 0.25) is 0 Å². The van der Waals surface area contributed by atoms with Crippen molar-refractivity contribution in [2.45, 2.75) is 31.6 Å². The number of nitrogens with zero attached hydrogens (tertiary/aromatic N) is 1. The molecule has 1 saturated heterocycles. The maximum atomic E-state index is 12.4. The number of nitrogens with two attached hydrogens (primary N) is 1. The van der Waals surface area contributed by atoms with Crippen molar-refractivity contribution in [3.63, 3.8) is 0 Å². The second-order valence-corrected chi connectivity index (χ2v) is 4.82. The first kappa shape index (κ1) is 12.6. The lowest BCUT2D eigenvalue weighted by molar-refractivity contribution is -0.151. The lowest BCUT2D eigenvalue weighted by atomic mass is 9.71. The summed E-state index contributed by atoms with van der Waals surface area (Å²) in [5.74, 6) is -0.203. The van der Waals surface area contributed by atoms with Gasteiger partial charge in [-0.25, -0.2) is 0 Å². The van der Waals surface area contributed by atoms with E-state index in [2.05, 4.69) is 0 Å². The number of carbonyl (C=O) groups is 2. The Kier molecular flexibility index (Phi) is 3.11. The molecular weight excluding hydrogens is 228 g/mol. The Morgan fingerprint density at radius 3 is 2.44 bits per heavy atom. The quantitative estimate of drug-likeness (QED) is 0.638. The van der Waals surface area contributed by atoms with Crippen LogP contribution in [0.1, 0.15) is 31.7 Å². The third-order valence-corrected chi connectivity index (χ3v) is 3.92. The molecule has 0 aliphatic carbocycles. The molecular formula is C14H18N2O2. The average Bonchev–Trinajstić information content (AvgIpc) is 2.38. The monoisotopic (exact) mass is 246 g/mol. The molecule has 1 fully saturated rings. The Balaban J connectivity index is 2.45. The first-order chi connectivity index (χ1) is 8.51. The highest BCUT2D eigenvalue weighted by Gasteiger charge is 2.45. The summed E-state index contributed by atoms with van der Waals surface area (Å²) in [5, 5.41) is 0. The predicted molar refractivity (Wildman–Crippen MR) is 69.8 cm³/mol. The molecule has 1 aliphatic heterocycles. The smallest absolute Gasteiger partial charge is 0.239 e. The fourth-order valence-corrected chi connectivity index (χ4v) is 2.63. The molecule has 1 heterocycles. The molecule has 0 saturated carbocycles. The number of amides is 2. The number of piperidine rings is 1. The van der Waals surface area contributed by atoms with E-state index in [4.69, 9.17) is 5.73 Å². The standard InChI is InChI=1S/C14H18N2O2/c1-3-14(10-4-6-11(15)7-5-10)9-8-12(17)16(2)13(14)18/h4-7H,3,8-9,15H2,1-2H3/t14-/m0/s1. The second kappa shape index (κ2) is 4.44. The van der Waals surface area contributed by atoms with E-state index in [1.807, 2.05) is 19.1 Å². The number of likely N-dealkylation sites (tertiary alicyclic amines) is 1. The molecule has 18 heavy (non-hydrogen) atoms. The Morgan fingerprint density at radius 2 is 1.89 bits per heavy atom. The van der Waals surface area contributed by atoms with Crippen LogP contribution in [-0.2, 0) is 15.0 Å². The Labute approximate surface area is 107 Å². The zero-order valence-electron chi connectivity index (χ0n) is 10.8. The average molecular weight is 246 g/mol. The van der Waals surface area contributed by atoms with Gasteiger partial charge in [0.25, 0.3) is 0 Å². The van der Waals surface area contributed by atoms with Gasteiger partial charge in [-0.2, -0.15) is 0 Å². The predicted octanol–water partition coefficient (Wildman–Crippen LogP) is 1.70. The normalized spacial score (nSPS) is 24.4. The Bertz CT molecular complexity index is 481. The summed E-state index contributed by atoms with van der Waals surface area (Å²) in [6.07, 6.45) is 1.68. The summed E-state index contributed by atoms with van der Waals surface area (Å²) >= 11 is 0. The van der Waals surface area contributed by atoms with Crippen molar-refractivity contribution < 1.29 is 9.59 Å². The molecule has 4 heteroatoms. The minimum Gasteiger partial charge on any atom is -0.399 e. The van der Waals surface area contributed by atoms with Crippen molar-refractivity contribution in [2.75, 3.05) is 12.8 Å². The van der Waals surface area contributed by atoms with E-state index in [1.165, 1.54) is 4.90 Å². The number of benzene rings is 1. The summed E-state index contributed by atoms with van der Waals surface area (Å²) in [7, 11) is 1.56. The highest BCUT2D eigenvalue weighted by Crippen LogP contribution is 2.38. The number of hydrogen-bond donors (Lipinski definition) is 1. The highest BCUT2D eigenvalue weighted by atomic mass is 16.2. The number of hydrogen-bond acceptors (Lipinski definition) is 3. The molecule has 2 N–H and O–H groups in total. The maximum Gasteiger partial charge on any atom is 0.239 e. The van der Waals surface area contributed by atoms with Crippen molar-refractivity contribution in [1.82, 2.24) is 4.90 Å². The third kappa shape index (κ3) is 1.78. The first-order valence-electron chi connectivity index (χ1n) is 6.18. The molecule has 0 aromatic heterocycles. The third-order valence-electron chi connectivity index (χ3n) is 3.92. The van der Waals surface area contributed by atoms with Crippen LogP contribution in [-0.4, -0.2) is 23.8 Å². The van der Waals surface area contributed by atoms with Crippen molar-refractivity contribution >= 4 is 17.5 Å². The summed E-state index contributed by atoms with van der Waals surface area (Å²) in [5.41, 5.74) is 6.73. The molecule has 4 nitrogen and oxygen atoms in total. The van der Waals surface area contributed by atoms with Gasteiger partial charge in [-0.05, 0) is 30.5 Å². The summed E-state index contributed by atoms with van der Waals surface area (Å²) in [6, 6.07) is 7.38. The number of rotatable bonds is 2. The molecule has 0 radical (unpaired) electrons. The van der Waals surface area contributed by atoms with Crippen LogP contribution in [0.4, 0.5) is 5.69 Å². The van der Waals surface area contributed by atoms with Gasteiger partial charge in [-0.3, -0.25) is 14.5 Å². The minimum atomic E-state index is -0.573. The largest absolute Gasteiger partial charge is 0.399 e. The Hall–Kier alpha value is -1.84. The van der Waals surface area contributed by atoms with E-state index in [1.54, 1.807) is 19.2 Å². The molecule has 2 rings (SSSR count). The zero-order chi connectivity index (χ0) is 13.3. The molecule has 1 aliphatic rings. The van der Waals surface area contributed by atoms with Gasteiger partial charge in [-0.15, -0.1) is 0 Å². The second-order valence-electron chi connectivity index (χ2n) is 4.82. The van der Waals surface area contributed by atoms with E-state index in [9.17, 15) is 9.59 Å². The number of anilines is 1. The maximum absolute atomic E-state index is 12.4. The van der Waals surface area contributed by atoms with Gasteiger partial charge >= 0.3 is 0 Å². The summed E-state index contributed by atoms with van der Waals surface area (Å²) in [6.45, 7) is 1.98. The van der Waals surface area contributed by atoms with Crippen LogP contribution < -0.4 is 5.73 Å². The van der Waals surface area contributed by atoms with Gasteiger partial charge < -0.3 is 5.73 Å². The lowest BCUT2D eigenvalue weighted by Gasteiger charge is -2.39. The van der Waals surface area contributed by atoms with E-state index >= 15 is 0 Å². The van der Waals surface area contributed by atoms with Crippen LogP contribution in [0.15, 0.2) is 24.3 Å². The van der Waals surface area contributed by atoms with E-state index < -0.39 is 5.41 Å². The molecule has 0 unspecified atom stereocenters. The fraction of sp³-hybridized carbons (Fsp3) is 0.429. The fourth-order valence-electron chi connectivity index (χ4n) is 2.63. The molecule has 1 atom stereocenters. The molecule has 0 bridgehead atoms. The number of nitrogen functional groups attached to an aromatic ring is 1. The van der Waals surface area contributed by atoms with Gasteiger partial charge in [-0.1, -0.05) is 19.1 Å². The Morgan fingerprint density at radius 1 is 1.28 bits per heavy atom.